The first-order valence-corrected chi connectivity index (χ1v) is 30.9. The highest BCUT2D eigenvalue weighted by Gasteiger charge is 2.31. The number of aliphatic hydroxyl groups excluding tert-OH is 2. The first-order valence-electron chi connectivity index (χ1n) is 29.4. The number of aliphatic hydroxyl groups is 2. The second-order valence-electron chi connectivity index (χ2n) is 21.1. The molecule has 414 valence electrons. The number of likely N-dealkylation sites (N-methyl/N-ethyl adjacent to an activating group) is 1. The van der Waals surface area contributed by atoms with E-state index in [1.54, 1.807) is 0 Å². The maximum absolute atomic E-state index is 13.0. The van der Waals surface area contributed by atoms with E-state index in [4.69, 9.17) is 9.05 Å². The van der Waals surface area contributed by atoms with Crippen molar-refractivity contribution in [2.75, 3.05) is 40.9 Å². The molecule has 0 aromatic carbocycles. The van der Waals surface area contributed by atoms with Crippen molar-refractivity contribution in [3.05, 3.63) is 72.9 Å². The quantitative estimate of drug-likeness (QED) is 0.0207. The van der Waals surface area contributed by atoms with Crippen molar-refractivity contribution in [1.82, 2.24) is 5.32 Å². The summed E-state index contributed by atoms with van der Waals surface area (Å²) in [5.74, 6) is -0.271. The van der Waals surface area contributed by atoms with E-state index in [2.05, 4.69) is 92.1 Å². The molecule has 0 radical (unpaired) electrons. The molecule has 0 spiro atoms. The fraction of sp³-hybridized carbons (Fsp3) is 0.787. The summed E-state index contributed by atoms with van der Waals surface area (Å²) in [6, 6.07) is -1.06. The molecule has 0 rings (SSSR count). The van der Waals surface area contributed by atoms with Crippen molar-refractivity contribution in [2.24, 2.45) is 0 Å². The standard InChI is InChI=1S/C61H113N2O7P/c1-6-8-10-12-14-16-18-20-21-22-23-24-25-26-27-28-29-30-31-32-33-34-35-36-37-38-39-40-41-42-44-46-48-50-52-54-60(65)62-58(57-70-71(67,68)69-56-55-63(3,4)5)61(66)59(64)53-51-49-47-45-43-19-17-15-13-11-9-7-2/h8,10,14-17,20-21,23-24,45,47,58-59,61,64,66H,6-7,9,11-13,18-19,22,25-44,46,48-57H2,1-5H3,(H-,62,65,67,68)/p+1/b10-8-,16-14-,17-15+,21-20-,24-23-,47-45+. The largest absolute Gasteiger partial charge is 0.472 e. The molecule has 0 heterocycles. The van der Waals surface area contributed by atoms with E-state index in [1.807, 2.05) is 21.1 Å². The Hall–Kier alpha value is -2.10. The lowest BCUT2D eigenvalue weighted by Crippen LogP contribution is -2.51. The summed E-state index contributed by atoms with van der Waals surface area (Å²) in [6.07, 6.45) is 67.3. The first kappa shape index (κ1) is 68.9. The molecule has 71 heavy (non-hydrogen) atoms. The fourth-order valence-electron chi connectivity index (χ4n) is 8.39. The van der Waals surface area contributed by atoms with Gasteiger partial charge in [-0.1, -0.05) is 228 Å². The summed E-state index contributed by atoms with van der Waals surface area (Å²) in [4.78, 5) is 23.3. The van der Waals surface area contributed by atoms with Crippen LogP contribution in [0.3, 0.4) is 0 Å². The molecule has 0 aromatic rings. The highest BCUT2D eigenvalue weighted by atomic mass is 31.2. The fourth-order valence-corrected chi connectivity index (χ4v) is 9.12. The zero-order chi connectivity index (χ0) is 52.2. The molecule has 0 aromatic heterocycles. The zero-order valence-electron chi connectivity index (χ0n) is 46.8. The average molecular weight is 1020 g/mol. The molecule has 10 heteroatoms. The highest BCUT2D eigenvalue weighted by molar-refractivity contribution is 7.47. The Morgan fingerprint density at radius 1 is 0.507 bits per heavy atom. The highest BCUT2D eigenvalue weighted by Crippen LogP contribution is 2.43. The minimum atomic E-state index is -4.43. The van der Waals surface area contributed by atoms with Crippen LogP contribution in [0.25, 0.3) is 0 Å². The number of quaternary nitrogens is 1. The number of phosphoric acid groups is 1. The van der Waals surface area contributed by atoms with Crippen molar-refractivity contribution in [2.45, 2.75) is 270 Å². The number of hydrogen-bond donors (Lipinski definition) is 4. The number of amides is 1. The molecular weight excluding hydrogens is 904 g/mol. The third-order valence-electron chi connectivity index (χ3n) is 13.0. The van der Waals surface area contributed by atoms with E-state index < -0.39 is 32.7 Å². The van der Waals surface area contributed by atoms with E-state index in [1.165, 1.54) is 148 Å². The van der Waals surface area contributed by atoms with Gasteiger partial charge in [0.25, 0.3) is 0 Å². The summed E-state index contributed by atoms with van der Waals surface area (Å²) in [5, 5.41) is 24.7. The van der Waals surface area contributed by atoms with Gasteiger partial charge in [-0.3, -0.25) is 13.8 Å². The molecule has 0 bridgehead atoms. The lowest BCUT2D eigenvalue weighted by molar-refractivity contribution is -0.870. The molecule has 9 nitrogen and oxygen atoms in total. The molecule has 1 amide bonds. The molecule has 0 aliphatic rings. The lowest BCUT2D eigenvalue weighted by atomic mass is 10.0. The van der Waals surface area contributed by atoms with Gasteiger partial charge in [0.1, 0.15) is 19.3 Å². The van der Waals surface area contributed by atoms with Crippen LogP contribution in [0.1, 0.15) is 251 Å². The first-order chi connectivity index (χ1) is 34.4. The average Bonchev–Trinajstić information content (AvgIpc) is 3.33. The van der Waals surface area contributed by atoms with Crippen LogP contribution in [0.2, 0.25) is 0 Å². The molecule has 4 N–H and O–H groups in total. The van der Waals surface area contributed by atoms with Crippen molar-refractivity contribution < 1.29 is 38.0 Å². The Bertz CT molecular complexity index is 1400. The Labute approximate surface area is 438 Å². The van der Waals surface area contributed by atoms with Gasteiger partial charge in [0.2, 0.25) is 5.91 Å². The third kappa shape index (κ3) is 52.6. The number of hydrogen-bond acceptors (Lipinski definition) is 6. The van der Waals surface area contributed by atoms with Crippen molar-refractivity contribution >= 4 is 13.7 Å². The van der Waals surface area contributed by atoms with E-state index in [-0.39, 0.29) is 18.9 Å². The maximum atomic E-state index is 13.0. The van der Waals surface area contributed by atoms with Crippen molar-refractivity contribution in [3.63, 3.8) is 0 Å². The Morgan fingerprint density at radius 3 is 1.34 bits per heavy atom. The Kier molecular flexibility index (Phi) is 49.9. The minimum absolute atomic E-state index is 0.0130. The molecule has 0 saturated heterocycles. The summed E-state index contributed by atoms with van der Waals surface area (Å²) in [6.45, 7) is 4.44. The second kappa shape index (κ2) is 51.4. The third-order valence-corrected chi connectivity index (χ3v) is 14.0. The van der Waals surface area contributed by atoms with Crippen LogP contribution in [0, 0.1) is 0 Å². The van der Waals surface area contributed by atoms with E-state index >= 15 is 0 Å². The number of carbonyl (C=O) groups excluding carboxylic acids is 1. The van der Waals surface area contributed by atoms with Crippen molar-refractivity contribution in [1.29, 1.82) is 0 Å². The molecule has 4 atom stereocenters. The Balaban J connectivity index is 4.05. The number of carbonyl (C=O) groups is 1. The van der Waals surface area contributed by atoms with Gasteiger partial charge in [0, 0.05) is 6.42 Å². The van der Waals surface area contributed by atoms with Crippen molar-refractivity contribution in [3.8, 4) is 0 Å². The maximum Gasteiger partial charge on any atom is 0.472 e. The number of allylic oxidation sites excluding steroid dienone is 12. The summed E-state index contributed by atoms with van der Waals surface area (Å²) in [7, 11) is 1.41. The lowest BCUT2D eigenvalue weighted by Gasteiger charge is -2.28. The number of rotatable bonds is 53. The van der Waals surface area contributed by atoms with Gasteiger partial charge < -0.3 is 24.9 Å². The topological polar surface area (TPSA) is 125 Å². The monoisotopic (exact) mass is 1020 g/mol. The molecule has 4 unspecified atom stereocenters. The predicted molar refractivity (Wildman–Crippen MR) is 306 cm³/mol. The number of nitrogens with one attached hydrogen (secondary N) is 1. The molecule has 0 aliphatic carbocycles. The van der Waals surface area contributed by atoms with Gasteiger partial charge in [-0.25, -0.2) is 4.57 Å². The zero-order valence-corrected chi connectivity index (χ0v) is 47.7. The summed E-state index contributed by atoms with van der Waals surface area (Å²) >= 11 is 0. The normalized spacial score (nSPS) is 14.9. The van der Waals surface area contributed by atoms with Crippen LogP contribution in [0.15, 0.2) is 72.9 Å². The molecule has 0 fully saturated rings. The predicted octanol–water partition coefficient (Wildman–Crippen LogP) is 16.8. The number of nitrogens with zero attached hydrogens (tertiary/aromatic N) is 1. The van der Waals surface area contributed by atoms with Crippen LogP contribution in [-0.2, 0) is 18.4 Å². The second-order valence-corrected chi connectivity index (χ2v) is 22.6. The van der Waals surface area contributed by atoms with Gasteiger partial charge in [0.15, 0.2) is 0 Å². The number of phosphoric ester groups is 1. The van der Waals surface area contributed by atoms with Crippen LogP contribution in [-0.4, -0.2) is 84.6 Å². The Morgan fingerprint density at radius 2 is 0.887 bits per heavy atom. The van der Waals surface area contributed by atoms with Crippen LogP contribution >= 0.6 is 7.82 Å². The summed E-state index contributed by atoms with van der Waals surface area (Å²) < 4.78 is 23.6. The smallest absolute Gasteiger partial charge is 0.390 e. The van der Waals surface area contributed by atoms with Gasteiger partial charge in [-0.15, -0.1) is 0 Å². The van der Waals surface area contributed by atoms with Gasteiger partial charge >= 0.3 is 7.82 Å². The van der Waals surface area contributed by atoms with E-state index in [9.17, 15) is 24.5 Å². The van der Waals surface area contributed by atoms with Gasteiger partial charge in [0.05, 0.1) is 39.9 Å². The molecule has 0 saturated carbocycles. The van der Waals surface area contributed by atoms with Gasteiger partial charge in [-0.05, 0) is 89.9 Å². The minimum Gasteiger partial charge on any atom is -0.390 e. The molecule has 0 aliphatic heterocycles. The molecular formula is C61H114N2O7P+. The SMILES string of the molecule is CC/C=C\C/C=C\C/C=C\C/C=C\CCCCCCCCCCCCCCCCCCCCCCCCC(=O)NC(COP(=O)(O)OCC[N+](C)(C)C)C(O)C(O)CCC/C=C/CC/C=C/CCCCC. The van der Waals surface area contributed by atoms with Crippen LogP contribution in [0.5, 0.6) is 0 Å². The van der Waals surface area contributed by atoms with Crippen LogP contribution < -0.4 is 5.32 Å². The number of unbranched alkanes of at least 4 members (excludes halogenated alkanes) is 27. The van der Waals surface area contributed by atoms with E-state index in [0.717, 1.165) is 70.6 Å². The van der Waals surface area contributed by atoms with E-state index in [0.29, 0.717) is 23.9 Å². The van der Waals surface area contributed by atoms with Gasteiger partial charge in [-0.2, -0.15) is 0 Å². The van der Waals surface area contributed by atoms with Crippen LogP contribution in [0.4, 0.5) is 0 Å². The summed E-state index contributed by atoms with van der Waals surface area (Å²) in [5.41, 5.74) is 0.